The molecule has 1 aromatic heterocycles. The van der Waals surface area contributed by atoms with E-state index in [0.29, 0.717) is 41.4 Å². The Labute approximate surface area is 172 Å². The number of urea groups is 1. The maximum Gasteiger partial charge on any atom is 0.318 e. The zero-order valence-corrected chi connectivity index (χ0v) is 16.4. The Balaban J connectivity index is 1.50. The summed E-state index contributed by atoms with van der Waals surface area (Å²) in [6, 6.07) is 13.0. The first-order valence-corrected chi connectivity index (χ1v) is 9.57. The van der Waals surface area contributed by atoms with Crippen molar-refractivity contribution in [3.8, 4) is 17.1 Å². The van der Waals surface area contributed by atoms with Gasteiger partial charge in [-0.3, -0.25) is 4.79 Å². The van der Waals surface area contributed by atoms with Crippen LogP contribution in [0.5, 0.6) is 5.75 Å². The van der Waals surface area contributed by atoms with Gasteiger partial charge in [-0.2, -0.15) is 0 Å². The minimum Gasteiger partial charge on any atom is -0.497 e. The summed E-state index contributed by atoms with van der Waals surface area (Å²) in [4.78, 5) is 34.1. The average molecular weight is 408 g/mol. The summed E-state index contributed by atoms with van der Waals surface area (Å²) >= 11 is 0. The number of carbonyl (C=O) groups excluding carboxylic acids is 1. The molecular weight excluding hydrogens is 387 g/mol. The molecule has 1 aliphatic rings. The third kappa shape index (κ3) is 4.17. The number of methoxy groups -OCH3 is 1. The molecule has 0 bridgehead atoms. The van der Waals surface area contributed by atoms with Crippen molar-refractivity contribution >= 4 is 6.03 Å². The van der Waals surface area contributed by atoms with E-state index in [9.17, 15) is 14.0 Å². The summed E-state index contributed by atoms with van der Waals surface area (Å²) in [5.74, 6) is 0.812. The normalized spacial score (nSPS) is 12.9. The largest absolute Gasteiger partial charge is 0.497 e. The first kappa shape index (κ1) is 19.6. The topological polar surface area (TPSA) is 87.3 Å². The van der Waals surface area contributed by atoms with Crippen LogP contribution in [0.3, 0.4) is 0 Å². The fourth-order valence-corrected chi connectivity index (χ4v) is 3.43. The quantitative estimate of drug-likeness (QED) is 0.695. The van der Waals surface area contributed by atoms with E-state index in [1.54, 1.807) is 36.3 Å². The summed E-state index contributed by atoms with van der Waals surface area (Å²) < 4.78 is 18.5. The highest BCUT2D eigenvalue weighted by atomic mass is 19.1. The van der Waals surface area contributed by atoms with Gasteiger partial charge in [-0.15, -0.1) is 0 Å². The number of carbonyl (C=O) groups is 1. The lowest BCUT2D eigenvalue weighted by atomic mass is 10.1. The molecule has 0 unspecified atom stereocenters. The number of halogens is 1. The number of hydrogen-bond acceptors (Lipinski definition) is 4. The molecule has 2 heterocycles. The van der Waals surface area contributed by atoms with E-state index in [-0.39, 0.29) is 30.5 Å². The van der Waals surface area contributed by atoms with Gasteiger partial charge in [0.2, 0.25) is 0 Å². The van der Waals surface area contributed by atoms with Crippen LogP contribution in [0.2, 0.25) is 0 Å². The highest BCUT2D eigenvalue weighted by Crippen LogP contribution is 2.21. The van der Waals surface area contributed by atoms with Crippen LogP contribution < -0.4 is 15.6 Å². The fourth-order valence-electron chi connectivity index (χ4n) is 3.43. The van der Waals surface area contributed by atoms with Gasteiger partial charge in [0, 0.05) is 24.2 Å². The first-order valence-electron chi connectivity index (χ1n) is 9.57. The molecule has 0 radical (unpaired) electrons. The maximum atomic E-state index is 13.3. The molecule has 7 nitrogen and oxygen atoms in total. The zero-order chi connectivity index (χ0) is 21.1. The lowest BCUT2D eigenvalue weighted by Crippen LogP contribution is -2.44. The SMILES string of the molecule is COc1ccc(-c2nc3c(c(=O)[nH]2)CCN(C(=O)NCc2cccc(F)c2)C3)cc1. The standard InChI is InChI=1S/C22H21FN4O3/c1-30-17-7-5-15(6-8-17)20-25-19-13-27(10-9-18(19)21(28)26-20)22(29)24-12-14-3-2-4-16(23)11-14/h2-8,11H,9-10,12-13H2,1H3,(H,24,29)(H,25,26,28). The van der Waals surface area contributed by atoms with Crippen molar-refractivity contribution in [1.29, 1.82) is 0 Å². The number of fused-ring (bicyclic) bond motifs is 1. The summed E-state index contributed by atoms with van der Waals surface area (Å²) in [6.07, 6.45) is 0.425. The second-order valence-electron chi connectivity index (χ2n) is 7.03. The van der Waals surface area contributed by atoms with Crippen molar-refractivity contribution in [2.24, 2.45) is 0 Å². The van der Waals surface area contributed by atoms with E-state index in [2.05, 4.69) is 15.3 Å². The highest BCUT2D eigenvalue weighted by molar-refractivity contribution is 5.74. The van der Waals surface area contributed by atoms with Gasteiger partial charge in [0.1, 0.15) is 17.4 Å². The average Bonchev–Trinajstić information content (AvgIpc) is 2.77. The molecule has 2 amide bonds. The number of H-pyrrole nitrogens is 1. The van der Waals surface area contributed by atoms with Crippen molar-refractivity contribution < 1.29 is 13.9 Å². The Hall–Kier alpha value is -3.68. The van der Waals surface area contributed by atoms with Crippen LogP contribution in [0.4, 0.5) is 9.18 Å². The molecule has 0 saturated carbocycles. The lowest BCUT2D eigenvalue weighted by molar-refractivity contribution is 0.190. The zero-order valence-electron chi connectivity index (χ0n) is 16.4. The molecule has 3 aromatic rings. The van der Waals surface area contributed by atoms with Crippen LogP contribution >= 0.6 is 0 Å². The molecule has 2 N–H and O–H groups in total. The van der Waals surface area contributed by atoms with E-state index in [4.69, 9.17) is 4.74 Å². The van der Waals surface area contributed by atoms with Gasteiger partial charge in [-0.1, -0.05) is 12.1 Å². The van der Waals surface area contributed by atoms with Crippen LogP contribution in [0.1, 0.15) is 16.8 Å². The van der Waals surface area contributed by atoms with Crippen LogP contribution in [0.25, 0.3) is 11.4 Å². The molecule has 154 valence electrons. The van der Waals surface area contributed by atoms with Gasteiger partial charge in [0.25, 0.3) is 5.56 Å². The molecule has 0 fully saturated rings. The molecule has 0 saturated heterocycles. The molecule has 0 aliphatic carbocycles. The van der Waals surface area contributed by atoms with Crippen molar-refractivity contribution in [3.63, 3.8) is 0 Å². The molecule has 0 spiro atoms. The fraction of sp³-hybridized carbons (Fsp3) is 0.227. The first-order chi connectivity index (χ1) is 14.5. The van der Waals surface area contributed by atoms with E-state index in [1.165, 1.54) is 12.1 Å². The van der Waals surface area contributed by atoms with Gasteiger partial charge >= 0.3 is 6.03 Å². The monoisotopic (exact) mass is 408 g/mol. The number of rotatable bonds is 4. The van der Waals surface area contributed by atoms with Crippen LogP contribution in [-0.4, -0.2) is 34.6 Å². The molecule has 8 heteroatoms. The van der Waals surface area contributed by atoms with Crippen LogP contribution in [-0.2, 0) is 19.5 Å². The van der Waals surface area contributed by atoms with Crippen LogP contribution in [0.15, 0.2) is 53.3 Å². The van der Waals surface area contributed by atoms with Crippen molar-refractivity contribution in [2.45, 2.75) is 19.5 Å². The molecule has 4 rings (SSSR count). The van der Waals surface area contributed by atoms with Crippen LogP contribution in [0, 0.1) is 5.82 Å². The Morgan fingerprint density at radius 1 is 1.27 bits per heavy atom. The van der Waals surface area contributed by atoms with E-state index >= 15 is 0 Å². The molecule has 2 aromatic carbocycles. The maximum absolute atomic E-state index is 13.3. The number of hydrogen-bond donors (Lipinski definition) is 2. The number of nitrogens with zero attached hydrogens (tertiary/aromatic N) is 2. The Morgan fingerprint density at radius 3 is 2.80 bits per heavy atom. The molecule has 0 atom stereocenters. The Kier molecular flexibility index (Phi) is 5.47. The third-order valence-electron chi connectivity index (χ3n) is 5.06. The van der Waals surface area contributed by atoms with Crippen molar-refractivity contribution in [2.75, 3.05) is 13.7 Å². The lowest BCUT2D eigenvalue weighted by Gasteiger charge is -2.28. The molecule has 1 aliphatic heterocycles. The predicted molar refractivity (Wildman–Crippen MR) is 110 cm³/mol. The molecule has 30 heavy (non-hydrogen) atoms. The second-order valence-corrected chi connectivity index (χ2v) is 7.03. The predicted octanol–water partition coefficient (Wildman–Crippen LogP) is 2.85. The minimum atomic E-state index is -0.344. The summed E-state index contributed by atoms with van der Waals surface area (Å²) in [5, 5.41) is 2.79. The summed E-state index contributed by atoms with van der Waals surface area (Å²) in [7, 11) is 1.59. The second kappa shape index (κ2) is 8.36. The number of benzene rings is 2. The summed E-state index contributed by atoms with van der Waals surface area (Å²) in [5.41, 5.74) is 2.42. The van der Waals surface area contributed by atoms with Gasteiger partial charge in [0.15, 0.2) is 0 Å². The molecular formula is C22H21FN4O3. The van der Waals surface area contributed by atoms with Crippen molar-refractivity contribution in [1.82, 2.24) is 20.2 Å². The summed E-state index contributed by atoms with van der Waals surface area (Å²) in [6.45, 7) is 0.867. The Morgan fingerprint density at radius 2 is 2.07 bits per heavy atom. The van der Waals surface area contributed by atoms with Gasteiger partial charge < -0.3 is 19.9 Å². The van der Waals surface area contributed by atoms with E-state index in [1.807, 2.05) is 12.1 Å². The van der Waals surface area contributed by atoms with Gasteiger partial charge in [-0.25, -0.2) is 14.2 Å². The number of nitrogens with one attached hydrogen (secondary N) is 2. The minimum absolute atomic E-state index is 0.189. The van der Waals surface area contributed by atoms with Gasteiger partial charge in [-0.05, 0) is 48.4 Å². The van der Waals surface area contributed by atoms with E-state index < -0.39 is 0 Å². The van der Waals surface area contributed by atoms with Crippen molar-refractivity contribution in [3.05, 3.63) is 81.5 Å². The number of aromatic amines is 1. The van der Waals surface area contributed by atoms with Gasteiger partial charge in [0.05, 0.1) is 19.3 Å². The third-order valence-corrected chi connectivity index (χ3v) is 5.06. The highest BCUT2D eigenvalue weighted by Gasteiger charge is 2.24. The van der Waals surface area contributed by atoms with E-state index in [0.717, 1.165) is 5.56 Å². The number of ether oxygens (including phenoxy) is 1. The number of amides is 2. The Bertz CT molecular complexity index is 1130. The number of aromatic nitrogens is 2. The smallest absolute Gasteiger partial charge is 0.318 e.